The predicted octanol–water partition coefficient (Wildman–Crippen LogP) is 2.69. The summed E-state index contributed by atoms with van der Waals surface area (Å²) in [6.07, 6.45) is 1.47. The minimum atomic E-state index is -1.46. The average Bonchev–Trinajstić information content (AvgIpc) is 3.01. The third kappa shape index (κ3) is 3.27. The number of rotatable bonds is 5. The number of nitrogens with one attached hydrogen (secondary N) is 1. The van der Waals surface area contributed by atoms with Gasteiger partial charge in [0.2, 0.25) is 0 Å². The largest absolute Gasteiger partial charge is 0.758 e. The summed E-state index contributed by atoms with van der Waals surface area (Å²) < 4.78 is 23.3. The summed E-state index contributed by atoms with van der Waals surface area (Å²) >= 11 is 0. The quantitative estimate of drug-likeness (QED) is 0.879. The first kappa shape index (κ1) is 17.5. The summed E-state index contributed by atoms with van der Waals surface area (Å²) in [6.45, 7) is 3.64. The molecule has 2 aromatic rings. The zero-order valence-electron chi connectivity index (χ0n) is 14.5. The molecule has 0 radical (unpaired) electrons. The molecule has 8 heteroatoms. The van der Waals surface area contributed by atoms with Gasteiger partial charge in [0, 0.05) is 11.6 Å². The number of allylic oxidation sites excluding steroid dienone is 1. The van der Waals surface area contributed by atoms with Crippen LogP contribution in [0.15, 0.2) is 46.5 Å². The van der Waals surface area contributed by atoms with Crippen LogP contribution < -0.4 is 4.74 Å². The van der Waals surface area contributed by atoms with Crippen LogP contribution in [0.25, 0.3) is 11.0 Å². The molecule has 0 aliphatic carbocycles. The first-order valence-corrected chi connectivity index (χ1v) is 9.07. The molecule has 1 aliphatic heterocycles. The number of nitrogens with zero attached hydrogens (tertiary/aromatic N) is 2. The van der Waals surface area contributed by atoms with E-state index in [1.807, 2.05) is 13.8 Å². The van der Waals surface area contributed by atoms with Crippen molar-refractivity contribution in [3.05, 3.63) is 46.5 Å². The lowest BCUT2D eigenvalue weighted by atomic mass is 10.0. The van der Waals surface area contributed by atoms with Crippen molar-refractivity contribution in [3.63, 3.8) is 0 Å². The molecule has 7 nitrogen and oxygen atoms in total. The second kappa shape index (κ2) is 6.89. The molecule has 1 aliphatic rings. The third-order valence-electron chi connectivity index (χ3n) is 4.24. The maximum atomic E-state index is 12.7. The molecule has 0 saturated heterocycles. The van der Waals surface area contributed by atoms with E-state index < -0.39 is 16.8 Å². The number of imidazole rings is 1. The van der Waals surface area contributed by atoms with E-state index >= 15 is 0 Å². The summed E-state index contributed by atoms with van der Waals surface area (Å²) in [4.78, 5) is 7.41. The Kier molecular flexibility index (Phi) is 4.82. The SMILES string of the molecule is COC1=C(C)C(CS(=O)c2nc3ccc(OC)cc3[nH]2)N([O-])C=C1C. The maximum absolute atomic E-state index is 12.7. The van der Waals surface area contributed by atoms with Crippen LogP contribution in [-0.2, 0) is 15.5 Å². The van der Waals surface area contributed by atoms with Gasteiger partial charge in [-0.3, -0.25) is 4.21 Å². The van der Waals surface area contributed by atoms with E-state index in [1.165, 1.54) is 6.20 Å². The number of fused-ring (bicyclic) bond motifs is 1. The molecule has 0 spiro atoms. The molecule has 2 heterocycles. The standard InChI is InChI=1S/C17H20N3O4S/c1-10-8-20(21)15(11(2)16(10)24-4)9-25(22)17-18-13-6-5-12(23-3)7-14(13)19-17/h5-8,15H,9H2,1-4H3,(H,18,19)/q-1. The van der Waals surface area contributed by atoms with Gasteiger partial charge in [0.15, 0.2) is 5.16 Å². The predicted molar refractivity (Wildman–Crippen MR) is 96.4 cm³/mol. The molecular formula is C17H20N3O4S-. The Morgan fingerprint density at radius 1 is 1.32 bits per heavy atom. The van der Waals surface area contributed by atoms with Gasteiger partial charge >= 0.3 is 0 Å². The fraction of sp³-hybridized carbons (Fsp3) is 0.353. The lowest BCUT2D eigenvalue weighted by Crippen LogP contribution is -2.36. The van der Waals surface area contributed by atoms with E-state index in [0.29, 0.717) is 22.2 Å². The first-order valence-electron chi connectivity index (χ1n) is 7.75. The van der Waals surface area contributed by atoms with Gasteiger partial charge in [0.1, 0.15) is 11.5 Å². The summed E-state index contributed by atoms with van der Waals surface area (Å²) in [5.41, 5.74) is 2.97. The summed E-state index contributed by atoms with van der Waals surface area (Å²) in [7, 11) is 1.69. The number of methoxy groups -OCH3 is 2. The van der Waals surface area contributed by atoms with Gasteiger partial charge in [0.25, 0.3) is 0 Å². The number of aromatic nitrogens is 2. The Hall–Kier alpha value is -2.32. The van der Waals surface area contributed by atoms with E-state index in [2.05, 4.69) is 9.97 Å². The number of hydroxylamine groups is 2. The fourth-order valence-corrected chi connectivity index (χ4v) is 4.20. The Morgan fingerprint density at radius 2 is 2.08 bits per heavy atom. The van der Waals surface area contributed by atoms with Gasteiger partial charge < -0.3 is 24.7 Å². The maximum Gasteiger partial charge on any atom is 0.197 e. The Labute approximate surface area is 148 Å². The van der Waals surface area contributed by atoms with Gasteiger partial charge in [-0.1, -0.05) is 0 Å². The van der Waals surface area contributed by atoms with E-state index in [9.17, 15) is 9.42 Å². The number of aromatic amines is 1. The van der Waals surface area contributed by atoms with Crippen molar-refractivity contribution in [2.75, 3.05) is 20.0 Å². The van der Waals surface area contributed by atoms with Crippen molar-refractivity contribution in [1.82, 2.24) is 15.0 Å². The van der Waals surface area contributed by atoms with Crippen LogP contribution in [0.2, 0.25) is 0 Å². The molecule has 2 unspecified atom stereocenters. The van der Waals surface area contributed by atoms with Crippen LogP contribution in [0.5, 0.6) is 5.75 Å². The normalized spacial score (nSPS) is 19.2. The van der Waals surface area contributed by atoms with Gasteiger partial charge in [-0.2, -0.15) is 0 Å². The van der Waals surface area contributed by atoms with Crippen LogP contribution in [0.1, 0.15) is 13.8 Å². The Morgan fingerprint density at radius 3 is 2.76 bits per heavy atom. The molecule has 0 amide bonds. The third-order valence-corrected chi connectivity index (χ3v) is 5.48. The molecule has 0 bridgehead atoms. The highest BCUT2D eigenvalue weighted by molar-refractivity contribution is 7.84. The van der Waals surface area contributed by atoms with Crippen molar-refractivity contribution in [1.29, 1.82) is 0 Å². The molecule has 25 heavy (non-hydrogen) atoms. The molecule has 3 rings (SSSR count). The van der Waals surface area contributed by atoms with Gasteiger partial charge in [-0.15, -0.1) is 0 Å². The summed E-state index contributed by atoms with van der Waals surface area (Å²) in [6, 6.07) is 4.83. The zero-order chi connectivity index (χ0) is 18.1. The number of H-pyrrole nitrogens is 1. The minimum Gasteiger partial charge on any atom is -0.758 e. The summed E-state index contributed by atoms with van der Waals surface area (Å²) in [5.74, 6) is 1.49. The highest BCUT2D eigenvalue weighted by Crippen LogP contribution is 2.28. The van der Waals surface area contributed by atoms with E-state index in [-0.39, 0.29) is 5.75 Å². The topological polar surface area (TPSA) is 90.5 Å². The number of hydrogen-bond acceptors (Lipinski definition) is 6. The molecule has 1 aromatic heterocycles. The van der Waals surface area contributed by atoms with E-state index in [1.54, 1.807) is 32.4 Å². The molecule has 1 N–H and O–H groups in total. The molecule has 0 fully saturated rings. The van der Waals surface area contributed by atoms with E-state index in [0.717, 1.165) is 21.7 Å². The molecule has 134 valence electrons. The molecule has 1 aromatic carbocycles. The van der Waals surface area contributed by atoms with Crippen molar-refractivity contribution in [2.45, 2.75) is 25.0 Å². The van der Waals surface area contributed by atoms with Crippen molar-refractivity contribution in [3.8, 4) is 5.75 Å². The zero-order valence-corrected chi connectivity index (χ0v) is 15.3. The second-order valence-corrected chi connectivity index (χ2v) is 7.25. The highest BCUT2D eigenvalue weighted by atomic mass is 32.2. The first-order chi connectivity index (χ1) is 11.9. The molecular weight excluding hydrogens is 342 g/mol. The summed E-state index contributed by atoms with van der Waals surface area (Å²) in [5, 5.41) is 13.4. The van der Waals surface area contributed by atoms with Crippen LogP contribution >= 0.6 is 0 Å². The molecule has 2 atom stereocenters. The van der Waals surface area contributed by atoms with Crippen LogP contribution in [0, 0.1) is 5.21 Å². The monoisotopic (exact) mass is 362 g/mol. The smallest absolute Gasteiger partial charge is 0.197 e. The number of benzene rings is 1. The molecule has 0 saturated carbocycles. The van der Waals surface area contributed by atoms with Gasteiger partial charge in [-0.05, 0) is 37.8 Å². The minimum absolute atomic E-state index is 0.128. The van der Waals surface area contributed by atoms with Crippen LogP contribution in [-0.4, -0.2) is 45.3 Å². The van der Waals surface area contributed by atoms with Crippen LogP contribution in [0.4, 0.5) is 0 Å². The highest BCUT2D eigenvalue weighted by Gasteiger charge is 2.25. The Balaban J connectivity index is 1.86. The number of hydrogen-bond donors (Lipinski definition) is 1. The van der Waals surface area contributed by atoms with Crippen LogP contribution in [0.3, 0.4) is 0 Å². The number of ether oxygens (including phenoxy) is 2. The van der Waals surface area contributed by atoms with Crippen molar-refractivity contribution < 1.29 is 13.7 Å². The van der Waals surface area contributed by atoms with Gasteiger partial charge in [0.05, 0.1) is 47.8 Å². The van der Waals surface area contributed by atoms with Crippen molar-refractivity contribution >= 4 is 21.8 Å². The lowest BCUT2D eigenvalue weighted by Gasteiger charge is -2.40. The second-order valence-electron chi connectivity index (χ2n) is 5.84. The van der Waals surface area contributed by atoms with E-state index in [4.69, 9.17) is 9.47 Å². The average molecular weight is 362 g/mol. The van der Waals surface area contributed by atoms with Crippen molar-refractivity contribution in [2.24, 2.45) is 0 Å². The van der Waals surface area contributed by atoms with Gasteiger partial charge in [-0.25, -0.2) is 4.98 Å². The Bertz CT molecular complexity index is 887. The lowest BCUT2D eigenvalue weighted by molar-refractivity contribution is 0.276. The fourth-order valence-electron chi connectivity index (χ4n) is 2.94.